The Hall–Kier alpha value is -2.36. The number of anilines is 1. The van der Waals surface area contributed by atoms with Crippen LogP contribution in [-0.4, -0.2) is 18.1 Å². The summed E-state index contributed by atoms with van der Waals surface area (Å²) in [6.45, 7) is 1.74. The molecule has 2 aromatic rings. The molecule has 2 rings (SSSR count). The van der Waals surface area contributed by atoms with Crippen LogP contribution in [0.25, 0.3) is 0 Å². The molecule has 1 heterocycles. The molecule has 2 N–H and O–H groups in total. The minimum atomic E-state index is -0.390. The molecule has 4 heteroatoms. The van der Waals surface area contributed by atoms with Crippen LogP contribution in [-0.2, 0) is 11.2 Å². The summed E-state index contributed by atoms with van der Waals surface area (Å²) >= 11 is 0. The van der Waals surface area contributed by atoms with Crippen LogP contribution >= 0.6 is 0 Å². The third-order valence-corrected chi connectivity index (χ3v) is 2.97. The van der Waals surface area contributed by atoms with Crippen LogP contribution in [0.1, 0.15) is 27.2 Å². The Balaban J connectivity index is 2.38. The molecule has 0 saturated heterocycles. The van der Waals surface area contributed by atoms with Crippen LogP contribution in [0, 0.1) is 6.92 Å². The Kier molecular flexibility index (Phi) is 3.80. The maximum Gasteiger partial charge on any atom is 0.339 e. The molecule has 0 fully saturated rings. The van der Waals surface area contributed by atoms with Crippen molar-refractivity contribution in [2.75, 3.05) is 12.8 Å². The number of esters is 1. The fourth-order valence-electron chi connectivity index (χ4n) is 1.94. The number of pyridine rings is 1. The molecular formula is C15H16N2O2. The molecule has 0 bridgehead atoms. The first-order valence-electron chi connectivity index (χ1n) is 6.00. The maximum absolute atomic E-state index is 11.6. The molecule has 0 spiro atoms. The van der Waals surface area contributed by atoms with Gasteiger partial charge in [0.1, 0.15) is 5.82 Å². The first-order chi connectivity index (χ1) is 9.11. The third-order valence-electron chi connectivity index (χ3n) is 2.97. The van der Waals surface area contributed by atoms with Gasteiger partial charge in [0.05, 0.1) is 18.4 Å². The van der Waals surface area contributed by atoms with Crippen LogP contribution in [0.2, 0.25) is 0 Å². The van der Waals surface area contributed by atoms with Gasteiger partial charge in [0.2, 0.25) is 0 Å². The van der Waals surface area contributed by atoms with E-state index in [9.17, 15) is 4.79 Å². The Morgan fingerprint density at radius 1 is 1.32 bits per heavy atom. The summed E-state index contributed by atoms with van der Waals surface area (Å²) in [5, 5.41) is 0. The smallest absolute Gasteiger partial charge is 0.339 e. The van der Waals surface area contributed by atoms with Crippen molar-refractivity contribution in [2.24, 2.45) is 0 Å². The van der Waals surface area contributed by atoms with E-state index in [1.54, 1.807) is 13.0 Å². The van der Waals surface area contributed by atoms with Gasteiger partial charge in [-0.05, 0) is 24.1 Å². The van der Waals surface area contributed by atoms with Gasteiger partial charge in [0.15, 0.2) is 0 Å². The van der Waals surface area contributed by atoms with Crippen molar-refractivity contribution >= 4 is 11.8 Å². The molecule has 0 aliphatic rings. The molecule has 1 aromatic carbocycles. The Labute approximate surface area is 112 Å². The maximum atomic E-state index is 11.6. The molecule has 4 nitrogen and oxygen atoms in total. The lowest BCUT2D eigenvalue weighted by molar-refractivity contribution is 0.0599. The summed E-state index contributed by atoms with van der Waals surface area (Å²) in [5.41, 5.74) is 8.91. The Morgan fingerprint density at radius 3 is 2.63 bits per heavy atom. The van der Waals surface area contributed by atoms with E-state index in [0.717, 1.165) is 11.1 Å². The molecule has 0 saturated carbocycles. The van der Waals surface area contributed by atoms with Gasteiger partial charge in [-0.3, -0.25) is 0 Å². The van der Waals surface area contributed by atoms with Crippen molar-refractivity contribution < 1.29 is 9.53 Å². The quantitative estimate of drug-likeness (QED) is 0.856. The minimum absolute atomic E-state index is 0.390. The van der Waals surface area contributed by atoms with E-state index >= 15 is 0 Å². The van der Waals surface area contributed by atoms with Crippen molar-refractivity contribution in [3.8, 4) is 0 Å². The van der Waals surface area contributed by atoms with Crippen molar-refractivity contribution in [1.29, 1.82) is 0 Å². The number of nitrogen functional groups attached to an aromatic ring is 1. The van der Waals surface area contributed by atoms with E-state index in [1.807, 2.05) is 30.3 Å². The zero-order valence-electron chi connectivity index (χ0n) is 11.0. The Morgan fingerprint density at radius 2 is 2.00 bits per heavy atom. The number of hydrogen-bond donors (Lipinski definition) is 1. The zero-order chi connectivity index (χ0) is 13.8. The number of hydrogen-bond acceptors (Lipinski definition) is 4. The summed E-state index contributed by atoms with van der Waals surface area (Å²) in [6, 6.07) is 11.7. The predicted molar refractivity (Wildman–Crippen MR) is 74.0 cm³/mol. The number of methoxy groups -OCH3 is 1. The van der Waals surface area contributed by atoms with Crippen molar-refractivity contribution in [3.63, 3.8) is 0 Å². The van der Waals surface area contributed by atoms with Crippen LogP contribution in [0.3, 0.4) is 0 Å². The number of nitrogens with zero attached hydrogens (tertiary/aromatic N) is 1. The summed E-state index contributed by atoms with van der Waals surface area (Å²) in [4.78, 5) is 15.9. The van der Waals surface area contributed by atoms with Gasteiger partial charge in [-0.25, -0.2) is 9.78 Å². The normalized spacial score (nSPS) is 10.2. The number of aromatic nitrogens is 1. The Bertz CT molecular complexity index is 595. The number of nitrogens with two attached hydrogens (primary N) is 1. The number of carbonyl (C=O) groups excluding carboxylic acids is 1. The average molecular weight is 256 g/mol. The molecule has 1 aromatic heterocycles. The van der Waals surface area contributed by atoms with Gasteiger partial charge < -0.3 is 10.5 Å². The van der Waals surface area contributed by atoms with E-state index in [-0.39, 0.29) is 5.97 Å². The van der Waals surface area contributed by atoms with Gasteiger partial charge in [0, 0.05) is 6.42 Å². The predicted octanol–water partition coefficient (Wildman–Crippen LogP) is 2.35. The summed E-state index contributed by atoms with van der Waals surface area (Å²) in [6.07, 6.45) is 0.643. The van der Waals surface area contributed by atoms with E-state index in [0.29, 0.717) is 23.5 Å². The fraction of sp³-hybridized carbons (Fsp3) is 0.200. The van der Waals surface area contributed by atoms with Crippen molar-refractivity contribution in [3.05, 3.63) is 58.8 Å². The van der Waals surface area contributed by atoms with Crippen LogP contribution < -0.4 is 5.73 Å². The van der Waals surface area contributed by atoms with Crippen molar-refractivity contribution in [1.82, 2.24) is 4.98 Å². The van der Waals surface area contributed by atoms with Crippen LogP contribution in [0.5, 0.6) is 0 Å². The van der Waals surface area contributed by atoms with E-state index in [1.165, 1.54) is 7.11 Å². The first kappa shape index (κ1) is 13.1. The average Bonchev–Trinajstić information content (AvgIpc) is 2.42. The molecular weight excluding hydrogens is 240 g/mol. The summed E-state index contributed by atoms with van der Waals surface area (Å²) < 4.78 is 4.74. The second-order valence-corrected chi connectivity index (χ2v) is 4.32. The fourth-order valence-corrected chi connectivity index (χ4v) is 1.94. The van der Waals surface area contributed by atoms with Gasteiger partial charge >= 0.3 is 5.97 Å². The van der Waals surface area contributed by atoms with Gasteiger partial charge in [0.25, 0.3) is 0 Å². The number of ether oxygens (including phenoxy) is 1. The van der Waals surface area contributed by atoms with Crippen LogP contribution in [0.4, 0.5) is 5.82 Å². The summed E-state index contributed by atoms with van der Waals surface area (Å²) in [7, 11) is 1.36. The number of benzene rings is 1. The van der Waals surface area contributed by atoms with Gasteiger partial charge in [-0.15, -0.1) is 0 Å². The lowest BCUT2D eigenvalue weighted by Gasteiger charge is -2.10. The lowest BCUT2D eigenvalue weighted by Crippen LogP contribution is -2.09. The standard InChI is InChI=1S/C15H16N2O2/c1-10-13(15(18)19-2)9-12(14(16)17-10)8-11-6-4-3-5-7-11/h3-7,9H,8H2,1-2H3,(H2,16,17). The molecule has 98 valence electrons. The summed E-state index contributed by atoms with van der Waals surface area (Å²) in [5.74, 6) is 0.0633. The topological polar surface area (TPSA) is 65.2 Å². The molecule has 0 aliphatic heterocycles. The first-order valence-corrected chi connectivity index (χ1v) is 6.00. The number of rotatable bonds is 3. The highest BCUT2D eigenvalue weighted by atomic mass is 16.5. The van der Waals surface area contributed by atoms with E-state index < -0.39 is 0 Å². The monoisotopic (exact) mass is 256 g/mol. The molecule has 0 radical (unpaired) electrons. The SMILES string of the molecule is COC(=O)c1cc(Cc2ccccc2)c(N)nc1C. The molecule has 0 atom stereocenters. The zero-order valence-corrected chi connectivity index (χ0v) is 11.0. The minimum Gasteiger partial charge on any atom is -0.465 e. The van der Waals surface area contributed by atoms with E-state index in [2.05, 4.69) is 4.98 Å². The highest BCUT2D eigenvalue weighted by molar-refractivity contribution is 5.91. The van der Waals surface area contributed by atoms with Gasteiger partial charge in [-0.1, -0.05) is 30.3 Å². The highest BCUT2D eigenvalue weighted by Gasteiger charge is 2.14. The molecule has 0 amide bonds. The number of carbonyl (C=O) groups is 1. The van der Waals surface area contributed by atoms with Crippen molar-refractivity contribution in [2.45, 2.75) is 13.3 Å². The molecule has 19 heavy (non-hydrogen) atoms. The number of aryl methyl sites for hydroxylation is 1. The molecule has 0 unspecified atom stereocenters. The second-order valence-electron chi connectivity index (χ2n) is 4.32. The van der Waals surface area contributed by atoms with Crippen LogP contribution in [0.15, 0.2) is 36.4 Å². The second kappa shape index (κ2) is 5.52. The highest BCUT2D eigenvalue weighted by Crippen LogP contribution is 2.19. The van der Waals surface area contributed by atoms with E-state index in [4.69, 9.17) is 10.5 Å². The third kappa shape index (κ3) is 2.91. The largest absolute Gasteiger partial charge is 0.465 e. The molecule has 0 aliphatic carbocycles. The van der Waals surface area contributed by atoms with Gasteiger partial charge in [-0.2, -0.15) is 0 Å². The lowest BCUT2D eigenvalue weighted by atomic mass is 10.0.